The molecule has 2 aromatic rings. The van der Waals surface area contributed by atoms with Gasteiger partial charge in [0.05, 0.1) is 10.8 Å². The zero-order valence-electron chi connectivity index (χ0n) is 27.8. The van der Waals surface area contributed by atoms with Crippen LogP contribution in [0.5, 0.6) is 0 Å². The van der Waals surface area contributed by atoms with Crippen LogP contribution < -0.4 is 0 Å². The highest BCUT2D eigenvalue weighted by molar-refractivity contribution is 7.85. The molecule has 1 N–H and O–H groups in total. The van der Waals surface area contributed by atoms with Crippen molar-refractivity contribution in [1.82, 2.24) is 9.88 Å². The molecule has 2 heterocycles. The summed E-state index contributed by atoms with van der Waals surface area (Å²) in [6, 6.07) is 10.3. The zero-order valence-corrected chi connectivity index (χ0v) is 28.6. The van der Waals surface area contributed by atoms with E-state index in [1.165, 1.54) is 43.4 Å². The largest absolute Gasteiger partial charge is 0.462 e. The number of nitrogens with zero attached hydrogens (tertiary/aromatic N) is 2. The van der Waals surface area contributed by atoms with Crippen molar-refractivity contribution in [3.05, 3.63) is 77.6 Å². The van der Waals surface area contributed by atoms with E-state index in [-0.39, 0.29) is 33.7 Å². The van der Waals surface area contributed by atoms with Gasteiger partial charge < -0.3 is 9.64 Å². The normalized spacial score (nSPS) is 32.9. The van der Waals surface area contributed by atoms with E-state index in [1.54, 1.807) is 23.3 Å². The Balaban J connectivity index is 0.000000288. The van der Waals surface area contributed by atoms with Gasteiger partial charge in [-0.25, -0.2) is 0 Å². The molecule has 5 aliphatic rings. The average molecular weight is 647 g/mol. The third-order valence-corrected chi connectivity index (χ3v) is 13.1. The first-order chi connectivity index (χ1) is 21.9. The number of benzene rings is 1. The topological polar surface area (TPSA) is 96.8 Å². The van der Waals surface area contributed by atoms with Crippen molar-refractivity contribution in [3.8, 4) is 0 Å². The Morgan fingerprint density at radius 1 is 0.957 bits per heavy atom. The van der Waals surface area contributed by atoms with Gasteiger partial charge in [0.15, 0.2) is 0 Å². The zero-order chi connectivity index (χ0) is 32.7. The van der Waals surface area contributed by atoms with Gasteiger partial charge in [-0.15, -0.1) is 0 Å². The SMILES string of the molecule is CN1CCC(C(=O)O[C@H]2CC[C@@]3(C)C(=CC[C@@H]4[C@@H]3CC[C@]3(C)C(c5cccnc5)=CC[C@@H]43)C2)CC1.Cc1ccc(S(=O)(=O)O)cc1. The molecule has 1 aromatic heterocycles. The lowest BCUT2D eigenvalue weighted by Gasteiger charge is -2.58. The van der Waals surface area contributed by atoms with Crippen LogP contribution in [0, 0.1) is 41.4 Å². The van der Waals surface area contributed by atoms with Crippen molar-refractivity contribution in [3.63, 3.8) is 0 Å². The van der Waals surface area contributed by atoms with Crippen LogP contribution in [0.1, 0.15) is 82.8 Å². The molecule has 0 bridgehead atoms. The minimum absolute atomic E-state index is 0.0642. The number of ether oxygens (including phenoxy) is 1. The van der Waals surface area contributed by atoms with E-state index in [1.807, 2.05) is 13.1 Å². The first-order valence-electron chi connectivity index (χ1n) is 17.1. The first-order valence-corrected chi connectivity index (χ1v) is 18.6. The Kier molecular flexibility index (Phi) is 9.36. The number of hydrogen-bond donors (Lipinski definition) is 1. The molecule has 0 amide bonds. The number of hydrogen-bond acceptors (Lipinski definition) is 6. The van der Waals surface area contributed by atoms with Crippen LogP contribution in [0.4, 0.5) is 0 Å². The van der Waals surface area contributed by atoms with Crippen LogP contribution in [-0.4, -0.2) is 55.1 Å². The van der Waals surface area contributed by atoms with Gasteiger partial charge >= 0.3 is 5.97 Å². The number of carbonyl (C=O) groups excluding carboxylic acids is 1. The third kappa shape index (κ3) is 6.50. The molecule has 7 nitrogen and oxygen atoms in total. The lowest BCUT2D eigenvalue weighted by atomic mass is 9.47. The quantitative estimate of drug-likeness (QED) is 0.208. The van der Waals surface area contributed by atoms with E-state index < -0.39 is 10.1 Å². The van der Waals surface area contributed by atoms with Crippen LogP contribution in [0.25, 0.3) is 5.57 Å². The molecule has 1 saturated heterocycles. The number of rotatable bonds is 4. The molecule has 0 unspecified atom stereocenters. The fourth-order valence-electron chi connectivity index (χ4n) is 9.48. The molecule has 7 rings (SSSR count). The Morgan fingerprint density at radius 2 is 1.67 bits per heavy atom. The minimum atomic E-state index is -4.02. The standard InChI is InChI=1S/C31H42N2O2.C7H8O3S/c1-30-14-10-24(35-29(34)21-12-17-33(3)18-13-21)19-23(30)6-7-25-27-9-8-26(22-5-4-16-32-20-22)31(27,2)15-11-28(25)30;1-6-2-4-7(5-3-6)11(8,9)10/h4-6,8,16,20-21,24-25,27-28H,7,9-15,17-19H2,1-3H3;2-5H,1H3,(H,8,9,10)/t24-,25-,27-,28-,30-,31+;/m0./s1. The Labute approximate surface area is 275 Å². The van der Waals surface area contributed by atoms with Gasteiger partial charge in [0.1, 0.15) is 6.10 Å². The Hall–Kier alpha value is -2.81. The molecule has 0 spiro atoms. The van der Waals surface area contributed by atoms with Gasteiger partial charge in [0.2, 0.25) is 0 Å². The third-order valence-electron chi connectivity index (χ3n) is 12.3. The van der Waals surface area contributed by atoms with Crippen molar-refractivity contribution in [2.45, 2.75) is 89.6 Å². The van der Waals surface area contributed by atoms with Crippen LogP contribution in [0.3, 0.4) is 0 Å². The van der Waals surface area contributed by atoms with Gasteiger partial charge in [-0.3, -0.25) is 14.3 Å². The summed E-state index contributed by atoms with van der Waals surface area (Å²) in [6.07, 6.45) is 19.1. The molecule has 4 aliphatic carbocycles. The maximum absolute atomic E-state index is 12.9. The second kappa shape index (κ2) is 13.0. The van der Waals surface area contributed by atoms with E-state index in [2.05, 4.69) is 61.3 Å². The van der Waals surface area contributed by atoms with Crippen LogP contribution in [0.15, 0.2) is 71.4 Å². The molecule has 6 atom stereocenters. The molecule has 8 heteroatoms. The second-order valence-corrected chi connectivity index (χ2v) is 16.4. The predicted octanol–water partition coefficient (Wildman–Crippen LogP) is 7.53. The molecule has 3 fully saturated rings. The smallest absolute Gasteiger partial charge is 0.309 e. The summed E-state index contributed by atoms with van der Waals surface area (Å²) < 4.78 is 35.7. The monoisotopic (exact) mass is 646 g/mol. The van der Waals surface area contributed by atoms with Crippen molar-refractivity contribution < 1.29 is 22.5 Å². The number of fused-ring (bicyclic) bond motifs is 5. The highest BCUT2D eigenvalue weighted by Crippen LogP contribution is 2.66. The molecular formula is C38H50N2O5S. The van der Waals surface area contributed by atoms with E-state index in [9.17, 15) is 13.2 Å². The molecule has 248 valence electrons. The number of piperidine rings is 1. The highest BCUT2D eigenvalue weighted by Gasteiger charge is 2.57. The number of aryl methyl sites for hydroxylation is 1. The lowest BCUT2D eigenvalue weighted by molar-refractivity contribution is -0.157. The van der Waals surface area contributed by atoms with E-state index in [0.29, 0.717) is 0 Å². The van der Waals surface area contributed by atoms with Gasteiger partial charge in [-0.2, -0.15) is 8.42 Å². The molecule has 0 radical (unpaired) electrons. The van der Waals surface area contributed by atoms with Crippen molar-refractivity contribution >= 4 is 21.7 Å². The van der Waals surface area contributed by atoms with Crippen LogP contribution in [-0.2, 0) is 19.6 Å². The molecule has 2 saturated carbocycles. The lowest BCUT2D eigenvalue weighted by Crippen LogP contribution is -2.50. The van der Waals surface area contributed by atoms with E-state index in [4.69, 9.17) is 9.29 Å². The summed E-state index contributed by atoms with van der Waals surface area (Å²) in [5.74, 6) is 2.41. The number of aromatic nitrogens is 1. The van der Waals surface area contributed by atoms with Crippen LogP contribution >= 0.6 is 0 Å². The summed E-state index contributed by atoms with van der Waals surface area (Å²) in [5.41, 5.74) is 5.95. The van der Waals surface area contributed by atoms with Gasteiger partial charge in [0, 0.05) is 18.8 Å². The summed E-state index contributed by atoms with van der Waals surface area (Å²) in [5, 5.41) is 0. The molecule has 46 heavy (non-hydrogen) atoms. The number of likely N-dealkylation sites (tertiary alicyclic amines) is 1. The Morgan fingerprint density at radius 3 is 2.35 bits per heavy atom. The molecule has 1 aromatic carbocycles. The predicted molar refractivity (Wildman–Crippen MR) is 180 cm³/mol. The fraction of sp³-hybridized carbons (Fsp3) is 0.579. The maximum Gasteiger partial charge on any atom is 0.309 e. The number of esters is 1. The second-order valence-electron chi connectivity index (χ2n) is 15.0. The fourth-order valence-corrected chi connectivity index (χ4v) is 9.96. The van der Waals surface area contributed by atoms with Crippen molar-refractivity contribution in [2.75, 3.05) is 20.1 Å². The van der Waals surface area contributed by atoms with Gasteiger partial charge in [-0.1, -0.05) is 55.3 Å². The summed E-state index contributed by atoms with van der Waals surface area (Å²) in [6.45, 7) is 8.93. The number of carbonyl (C=O) groups is 1. The van der Waals surface area contributed by atoms with Crippen molar-refractivity contribution in [2.24, 2.45) is 34.5 Å². The van der Waals surface area contributed by atoms with E-state index in [0.717, 1.165) is 68.5 Å². The maximum atomic E-state index is 12.9. The van der Waals surface area contributed by atoms with Crippen molar-refractivity contribution in [1.29, 1.82) is 0 Å². The average Bonchev–Trinajstić information content (AvgIpc) is 3.39. The summed E-state index contributed by atoms with van der Waals surface area (Å²) >= 11 is 0. The number of allylic oxidation sites excluding steroid dienone is 3. The first kappa shape index (κ1) is 33.1. The number of pyridine rings is 1. The van der Waals surface area contributed by atoms with Crippen LogP contribution in [0.2, 0.25) is 0 Å². The molecule has 1 aliphatic heterocycles. The summed E-state index contributed by atoms with van der Waals surface area (Å²) in [4.78, 5) is 19.5. The minimum Gasteiger partial charge on any atom is -0.462 e. The van der Waals surface area contributed by atoms with Gasteiger partial charge in [-0.05, 0) is 136 Å². The van der Waals surface area contributed by atoms with E-state index >= 15 is 0 Å². The Bertz CT molecular complexity index is 1580. The summed E-state index contributed by atoms with van der Waals surface area (Å²) in [7, 11) is -1.88. The highest BCUT2D eigenvalue weighted by atomic mass is 32.2. The van der Waals surface area contributed by atoms with Gasteiger partial charge in [0.25, 0.3) is 10.1 Å². The molecular weight excluding hydrogens is 596 g/mol.